The van der Waals surface area contributed by atoms with Gasteiger partial charge < -0.3 is 20.1 Å². The van der Waals surface area contributed by atoms with E-state index in [0.717, 1.165) is 59.6 Å². The van der Waals surface area contributed by atoms with Crippen molar-refractivity contribution < 1.29 is 9.59 Å². The van der Waals surface area contributed by atoms with E-state index in [1.54, 1.807) is 6.20 Å². The molecule has 0 bridgehead atoms. The van der Waals surface area contributed by atoms with E-state index in [1.807, 2.05) is 60.4 Å². The van der Waals surface area contributed by atoms with Gasteiger partial charge in [-0.25, -0.2) is 0 Å². The summed E-state index contributed by atoms with van der Waals surface area (Å²) >= 11 is 6.26. The van der Waals surface area contributed by atoms with Gasteiger partial charge in [0, 0.05) is 47.3 Å². The number of anilines is 1. The molecule has 1 aromatic heterocycles. The Bertz CT molecular complexity index is 1390. The number of aromatic nitrogens is 1. The van der Waals surface area contributed by atoms with Crippen LogP contribution in [0.2, 0.25) is 5.02 Å². The molecular formula is C30H31ClN4O2. The minimum absolute atomic E-state index is 0.0640. The molecule has 3 aliphatic heterocycles. The quantitative estimate of drug-likeness (QED) is 0.430. The SMILES string of the molecule is Cc1c(C(=O)N2CCC(N3CCCC3)CC2)c[nH]c1/C=C1\C(=O)Nc2cccc(-c3cccc(Cl)c3)c21. The van der Waals surface area contributed by atoms with Gasteiger partial charge >= 0.3 is 0 Å². The lowest BCUT2D eigenvalue weighted by Gasteiger charge is -2.36. The molecule has 0 aliphatic carbocycles. The number of amides is 2. The summed E-state index contributed by atoms with van der Waals surface area (Å²) in [6.07, 6.45) is 8.31. The highest BCUT2D eigenvalue weighted by Crippen LogP contribution is 2.41. The van der Waals surface area contributed by atoms with Crippen molar-refractivity contribution in [1.29, 1.82) is 0 Å². The van der Waals surface area contributed by atoms with Gasteiger partial charge in [-0.3, -0.25) is 9.59 Å². The first-order valence-electron chi connectivity index (χ1n) is 13.1. The Morgan fingerprint density at radius 1 is 1.05 bits per heavy atom. The topological polar surface area (TPSA) is 68.4 Å². The predicted octanol–water partition coefficient (Wildman–Crippen LogP) is 5.84. The molecule has 2 saturated heterocycles. The highest BCUT2D eigenvalue weighted by Gasteiger charge is 2.31. The highest BCUT2D eigenvalue weighted by atomic mass is 35.5. The smallest absolute Gasteiger partial charge is 0.256 e. The monoisotopic (exact) mass is 514 g/mol. The maximum absolute atomic E-state index is 13.4. The van der Waals surface area contributed by atoms with Crippen molar-refractivity contribution in [2.45, 2.75) is 38.6 Å². The number of piperidine rings is 1. The molecule has 2 amide bonds. The number of nitrogens with zero attached hydrogens (tertiary/aromatic N) is 2. The molecule has 0 spiro atoms. The summed E-state index contributed by atoms with van der Waals surface area (Å²) in [5.74, 6) is -0.0931. The summed E-state index contributed by atoms with van der Waals surface area (Å²) in [6, 6.07) is 14.1. The zero-order valence-corrected chi connectivity index (χ0v) is 21.8. The number of benzene rings is 2. The molecule has 2 N–H and O–H groups in total. The van der Waals surface area contributed by atoms with Crippen LogP contribution in [0, 0.1) is 6.92 Å². The summed E-state index contributed by atoms with van der Waals surface area (Å²) < 4.78 is 0. The van der Waals surface area contributed by atoms with Crippen LogP contribution in [0.4, 0.5) is 5.69 Å². The molecule has 6 rings (SSSR count). The Labute approximate surface area is 222 Å². The molecule has 2 aromatic carbocycles. The molecule has 3 aliphatic rings. The van der Waals surface area contributed by atoms with Crippen LogP contribution in [0.25, 0.3) is 22.8 Å². The fourth-order valence-corrected chi connectivity index (χ4v) is 6.21. The Hall–Kier alpha value is -3.35. The molecule has 0 radical (unpaired) electrons. The number of aromatic amines is 1. The second kappa shape index (κ2) is 9.84. The van der Waals surface area contributed by atoms with Gasteiger partial charge in [0.2, 0.25) is 0 Å². The number of fused-ring (bicyclic) bond motifs is 1. The predicted molar refractivity (Wildman–Crippen MR) is 149 cm³/mol. The van der Waals surface area contributed by atoms with Crippen molar-refractivity contribution in [3.63, 3.8) is 0 Å². The first kappa shape index (κ1) is 24.0. The van der Waals surface area contributed by atoms with Crippen LogP contribution in [0.5, 0.6) is 0 Å². The van der Waals surface area contributed by atoms with E-state index in [-0.39, 0.29) is 11.8 Å². The number of carbonyl (C=O) groups is 2. The average Bonchev–Trinajstić information content (AvgIpc) is 3.64. The second-order valence-corrected chi connectivity index (χ2v) is 10.7. The molecule has 6 nitrogen and oxygen atoms in total. The van der Waals surface area contributed by atoms with Gasteiger partial charge in [0.05, 0.1) is 11.1 Å². The zero-order chi connectivity index (χ0) is 25.5. The van der Waals surface area contributed by atoms with Crippen LogP contribution in [0.3, 0.4) is 0 Å². The van der Waals surface area contributed by atoms with Crippen molar-refractivity contribution in [2.75, 3.05) is 31.5 Å². The van der Waals surface area contributed by atoms with E-state index in [9.17, 15) is 9.59 Å². The average molecular weight is 515 g/mol. The number of H-pyrrole nitrogens is 1. The van der Waals surface area contributed by atoms with E-state index >= 15 is 0 Å². The molecule has 37 heavy (non-hydrogen) atoms. The van der Waals surface area contributed by atoms with Crippen molar-refractivity contribution in [3.05, 3.63) is 76.1 Å². The minimum atomic E-state index is -0.157. The number of rotatable bonds is 4. The Morgan fingerprint density at radius 2 is 1.81 bits per heavy atom. The van der Waals surface area contributed by atoms with Crippen LogP contribution in [0.1, 0.15) is 52.9 Å². The lowest BCUT2D eigenvalue weighted by molar-refractivity contribution is -0.110. The van der Waals surface area contributed by atoms with E-state index in [4.69, 9.17) is 11.6 Å². The van der Waals surface area contributed by atoms with Gasteiger partial charge in [-0.15, -0.1) is 0 Å². The lowest BCUT2D eigenvalue weighted by atomic mass is 9.94. The third-order valence-electron chi connectivity index (χ3n) is 8.07. The molecule has 190 valence electrons. The Morgan fingerprint density at radius 3 is 2.57 bits per heavy atom. The van der Waals surface area contributed by atoms with Crippen molar-refractivity contribution in [1.82, 2.24) is 14.8 Å². The number of nitrogens with one attached hydrogen (secondary N) is 2. The van der Waals surface area contributed by atoms with Gasteiger partial charge in [0.25, 0.3) is 11.8 Å². The first-order chi connectivity index (χ1) is 18.0. The summed E-state index contributed by atoms with van der Waals surface area (Å²) in [5, 5.41) is 3.63. The van der Waals surface area contributed by atoms with Crippen LogP contribution in [0.15, 0.2) is 48.7 Å². The summed E-state index contributed by atoms with van der Waals surface area (Å²) in [7, 11) is 0. The van der Waals surface area contributed by atoms with Crippen LogP contribution in [-0.2, 0) is 4.79 Å². The maximum Gasteiger partial charge on any atom is 0.256 e. The first-order valence-corrected chi connectivity index (χ1v) is 13.5. The number of hydrogen-bond acceptors (Lipinski definition) is 3. The van der Waals surface area contributed by atoms with Crippen LogP contribution < -0.4 is 5.32 Å². The lowest BCUT2D eigenvalue weighted by Crippen LogP contribution is -2.45. The standard InChI is InChI=1S/C30H31ClN4O2/c1-19-25(30(37)35-14-10-22(11-15-35)34-12-2-3-13-34)18-32-27(19)17-24-28-23(20-6-4-7-21(31)16-20)8-5-9-26(28)33-29(24)36/h4-9,16-18,22,32H,2-3,10-15H2,1H3,(H,33,36)/b24-17-. The second-order valence-electron chi connectivity index (χ2n) is 10.3. The fourth-order valence-electron chi connectivity index (χ4n) is 6.02. The number of halogens is 1. The van der Waals surface area contributed by atoms with Gasteiger partial charge in [0.15, 0.2) is 0 Å². The molecule has 4 heterocycles. The third kappa shape index (κ3) is 4.49. The summed E-state index contributed by atoms with van der Waals surface area (Å²) in [6.45, 7) is 5.93. The number of likely N-dealkylation sites (tertiary alicyclic amines) is 2. The molecule has 0 atom stereocenters. The number of hydrogen-bond donors (Lipinski definition) is 2. The van der Waals surface area contributed by atoms with Gasteiger partial charge in [0.1, 0.15) is 0 Å². The van der Waals surface area contributed by atoms with Crippen molar-refractivity contribution in [3.8, 4) is 11.1 Å². The molecular weight excluding hydrogens is 484 g/mol. The van der Waals surface area contributed by atoms with Crippen molar-refractivity contribution in [2.24, 2.45) is 0 Å². The highest BCUT2D eigenvalue weighted by molar-refractivity contribution is 6.36. The van der Waals surface area contributed by atoms with Crippen molar-refractivity contribution >= 4 is 40.8 Å². The van der Waals surface area contributed by atoms with Gasteiger partial charge in [-0.05, 0) is 86.7 Å². The van der Waals surface area contributed by atoms with Gasteiger partial charge in [-0.1, -0.05) is 35.9 Å². The number of carbonyl (C=O) groups excluding carboxylic acids is 2. The Kier molecular flexibility index (Phi) is 6.39. The summed E-state index contributed by atoms with van der Waals surface area (Å²) in [5.41, 5.74) is 6.38. The minimum Gasteiger partial charge on any atom is -0.361 e. The van der Waals surface area contributed by atoms with Gasteiger partial charge in [-0.2, -0.15) is 0 Å². The molecule has 0 unspecified atom stereocenters. The molecule has 2 fully saturated rings. The fraction of sp³-hybridized carbons (Fsp3) is 0.333. The van der Waals surface area contributed by atoms with E-state index in [0.29, 0.717) is 22.2 Å². The molecule has 0 saturated carbocycles. The van der Waals surface area contributed by atoms with E-state index < -0.39 is 0 Å². The normalized spacial score (nSPS) is 19.5. The third-order valence-corrected chi connectivity index (χ3v) is 8.31. The van der Waals surface area contributed by atoms with E-state index in [1.165, 1.54) is 25.9 Å². The maximum atomic E-state index is 13.4. The summed E-state index contributed by atoms with van der Waals surface area (Å²) in [4.78, 5) is 34.3. The molecule has 3 aromatic rings. The molecule has 7 heteroatoms. The zero-order valence-electron chi connectivity index (χ0n) is 21.0. The largest absolute Gasteiger partial charge is 0.361 e. The Balaban J connectivity index is 1.26. The van der Waals surface area contributed by atoms with E-state index in [2.05, 4.69) is 15.2 Å². The van der Waals surface area contributed by atoms with Crippen LogP contribution in [-0.4, -0.2) is 58.8 Å². The van der Waals surface area contributed by atoms with Crippen LogP contribution >= 0.6 is 11.6 Å².